The largest absolute Gasteiger partial charge is 0.481 e. The normalized spacial score (nSPS) is 23.1. The molecule has 0 aromatic heterocycles. The molecule has 0 radical (unpaired) electrons. The summed E-state index contributed by atoms with van der Waals surface area (Å²) in [5, 5.41) is 28.9. The van der Waals surface area contributed by atoms with Crippen LogP contribution in [-0.4, -0.2) is 22.2 Å². The van der Waals surface area contributed by atoms with Gasteiger partial charge in [0.15, 0.2) is 0 Å². The van der Waals surface area contributed by atoms with Crippen LogP contribution in [0.5, 0.6) is 11.5 Å². The number of benzene rings is 2. The van der Waals surface area contributed by atoms with Crippen molar-refractivity contribution in [1.82, 2.24) is 0 Å². The second-order valence-corrected chi connectivity index (χ2v) is 7.62. The number of hydrogen-bond acceptors (Lipinski definition) is 4. The van der Waals surface area contributed by atoms with Crippen LogP contribution in [-0.2, 0) is 9.59 Å². The van der Waals surface area contributed by atoms with Gasteiger partial charge in [0, 0.05) is 12.0 Å². The molecule has 2 N–H and O–H groups in total. The van der Waals surface area contributed by atoms with Gasteiger partial charge >= 0.3 is 11.9 Å². The number of rotatable bonds is 7. The van der Waals surface area contributed by atoms with E-state index < -0.39 is 34.6 Å². The Labute approximate surface area is 168 Å². The smallest absolute Gasteiger partial charge is 0.327 e. The standard InChI is InChI=1S/C23H21NO5/c1-22(2)19(11-12-20(25)26)23(22,21(27)28)18(14-24)15-7-6-10-17(13-15)29-16-8-4-3-5-9-16/h3-13,18-19H,1-2H3,(H,25,26)(H,27,28)/b12-11-/t18-,19-,23+/m0/s1. The zero-order chi connectivity index (χ0) is 21.2. The quantitative estimate of drug-likeness (QED) is 0.675. The van der Waals surface area contributed by atoms with E-state index in [1.165, 1.54) is 6.08 Å². The molecule has 2 aromatic rings. The summed E-state index contributed by atoms with van der Waals surface area (Å²) in [5.41, 5.74) is -1.71. The van der Waals surface area contributed by atoms with E-state index in [1.807, 2.05) is 18.2 Å². The van der Waals surface area contributed by atoms with Crippen molar-refractivity contribution in [3.63, 3.8) is 0 Å². The zero-order valence-corrected chi connectivity index (χ0v) is 16.1. The Bertz CT molecular complexity index is 1010. The average Bonchev–Trinajstić information content (AvgIpc) is 3.17. The molecule has 148 valence electrons. The molecule has 1 saturated carbocycles. The van der Waals surface area contributed by atoms with Gasteiger partial charge in [0.2, 0.25) is 0 Å². The molecule has 0 bridgehead atoms. The molecule has 6 heteroatoms. The average molecular weight is 391 g/mol. The number of ether oxygens (including phenoxy) is 1. The first-order valence-electron chi connectivity index (χ1n) is 9.12. The highest BCUT2D eigenvalue weighted by Gasteiger charge is 2.78. The van der Waals surface area contributed by atoms with Gasteiger partial charge in [0.25, 0.3) is 0 Å². The lowest BCUT2D eigenvalue weighted by atomic mass is 9.78. The SMILES string of the molecule is CC1(C)[C@H](/C=C\C(=O)O)[C@@]1(C(=O)O)[C@@H](C#N)c1cccc(Oc2ccccc2)c1. The van der Waals surface area contributed by atoms with E-state index in [4.69, 9.17) is 9.84 Å². The first-order valence-corrected chi connectivity index (χ1v) is 9.12. The van der Waals surface area contributed by atoms with Crippen LogP contribution in [0, 0.1) is 28.1 Å². The molecule has 0 spiro atoms. The third-order valence-electron chi connectivity index (χ3n) is 5.79. The number of hydrogen-bond donors (Lipinski definition) is 2. The third kappa shape index (κ3) is 3.36. The Balaban J connectivity index is 2.00. The van der Waals surface area contributed by atoms with Gasteiger partial charge in [-0.25, -0.2) is 4.79 Å². The molecule has 3 atom stereocenters. The van der Waals surface area contributed by atoms with Crippen molar-refractivity contribution < 1.29 is 24.5 Å². The van der Waals surface area contributed by atoms with Crippen LogP contribution in [0.1, 0.15) is 25.3 Å². The summed E-state index contributed by atoms with van der Waals surface area (Å²) in [4.78, 5) is 23.3. The van der Waals surface area contributed by atoms with Crippen molar-refractivity contribution in [2.75, 3.05) is 0 Å². The van der Waals surface area contributed by atoms with E-state index in [1.54, 1.807) is 50.2 Å². The third-order valence-corrected chi connectivity index (χ3v) is 5.79. The van der Waals surface area contributed by atoms with Gasteiger partial charge in [-0.05, 0) is 35.2 Å². The lowest BCUT2D eigenvalue weighted by molar-refractivity contribution is -0.145. The Morgan fingerprint density at radius 3 is 2.34 bits per heavy atom. The van der Waals surface area contributed by atoms with E-state index in [0.29, 0.717) is 17.1 Å². The predicted octanol–water partition coefficient (Wildman–Crippen LogP) is 4.45. The topological polar surface area (TPSA) is 108 Å². The molecule has 1 aliphatic rings. The summed E-state index contributed by atoms with van der Waals surface area (Å²) in [6.07, 6.45) is 2.32. The van der Waals surface area contributed by atoms with Gasteiger partial charge in [-0.15, -0.1) is 0 Å². The molecule has 1 aliphatic carbocycles. The van der Waals surface area contributed by atoms with Crippen LogP contribution in [0.2, 0.25) is 0 Å². The van der Waals surface area contributed by atoms with E-state index in [2.05, 4.69) is 6.07 Å². The van der Waals surface area contributed by atoms with Crippen molar-refractivity contribution in [2.45, 2.75) is 19.8 Å². The number of allylic oxidation sites excluding steroid dienone is 1. The Hall–Kier alpha value is -3.59. The summed E-state index contributed by atoms with van der Waals surface area (Å²) >= 11 is 0. The first-order chi connectivity index (χ1) is 13.7. The second kappa shape index (κ2) is 7.44. The van der Waals surface area contributed by atoms with Gasteiger partial charge in [0.1, 0.15) is 16.9 Å². The highest BCUT2D eigenvalue weighted by molar-refractivity contribution is 5.85. The molecule has 1 fully saturated rings. The first kappa shape index (κ1) is 20.2. The fourth-order valence-corrected chi connectivity index (χ4v) is 4.31. The molecule has 0 aliphatic heterocycles. The minimum atomic E-state index is -1.43. The highest BCUT2D eigenvalue weighted by Crippen LogP contribution is 2.75. The van der Waals surface area contributed by atoms with Crippen molar-refractivity contribution >= 4 is 11.9 Å². The summed E-state index contributed by atoms with van der Waals surface area (Å²) < 4.78 is 5.82. The molecule has 0 unspecified atom stereocenters. The van der Waals surface area contributed by atoms with Crippen molar-refractivity contribution in [3.8, 4) is 17.6 Å². The maximum Gasteiger partial charge on any atom is 0.327 e. The summed E-state index contributed by atoms with van der Waals surface area (Å²) in [7, 11) is 0. The van der Waals surface area contributed by atoms with Crippen LogP contribution in [0.3, 0.4) is 0 Å². The van der Waals surface area contributed by atoms with Crippen LogP contribution >= 0.6 is 0 Å². The van der Waals surface area contributed by atoms with Gasteiger partial charge in [-0.3, -0.25) is 4.79 Å². The van der Waals surface area contributed by atoms with Crippen LogP contribution < -0.4 is 4.74 Å². The molecule has 0 saturated heterocycles. The van der Waals surface area contributed by atoms with E-state index in [-0.39, 0.29) is 0 Å². The van der Waals surface area contributed by atoms with E-state index >= 15 is 0 Å². The summed E-state index contributed by atoms with van der Waals surface area (Å²) in [6.45, 7) is 3.49. The van der Waals surface area contributed by atoms with Crippen LogP contribution in [0.25, 0.3) is 0 Å². The van der Waals surface area contributed by atoms with Crippen LogP contribution in [0.15, 0.2) is 66.7 Å². The Morgan fingerprint density at radius 1 is 1.10 bits per heavy atom. The minimum absolute atomic E-state index is 0.491. The lowest BCUT2D eigenvalue weighted by Gasteiger charge is -2.22. The number of nitrogens with zero attached hydrogens (tertiary/aromatic N) is 1. The summed E-state index contributed by atoms with van der Waals surface area (Å²) in [6, 6.07) is 18.1. The maximum atomic E-state index is 12.3. The van der Waals surface area contributed by atoms with Gasteiger partial charge in [-0.1, -0.05) is 50.3 Å². The number of carboxylic acids is 2. The predicted molar refractivity (Wildman–Crippen MR) is 105 cm³/mol. The molecular weight excluding hydrogens is 370 g/mol. The Kier molecular flexibility index (Phi) is 5.17. The fraction of sp³-hybridized carbons (Fsp3) is 0.261. The number of carbonyl (C=O) groups is 2. The molecule has 29 heavy (non-hydrogen) atoms. The molecule has 0 heterocycles. The molecule has 3 rings (SSSR count). The van der Waals surface area contributed by atoms with Crippen LogP contribution in [0.4, 0.5) is 0 Å². The molecule has 6 nitrogen and oxygen atoms in total. The van der Waals surface area contributed by atoms with Crippen molar-refractivity contribution in [3.05, 3.63) is 72.3 Å². The molecule has 2 aromatic carbocycles. The number of aliphatic carboxylic acids is 2. The highest BCUT2D eigenvalue weighted by atomic mass is 16.5. The van der Waals surface area contributed by atoms with Gasteiger partial charge in [0.05, 0.1) is 12.0 Å². The van der Waals surface area contributed by atoms with Gasteiger partial charge in [-0.2, -0.15) is 5.26 Å². The fourth-order valence-electron chi connectivity index (χ4n) is 4.31. The number of para-hydroxylation sites is 1. The monoisotopic (exact) mass is 391 g/mol. The maximum absolute atomic E-state index is 12.3. The summed E-state index contributed by atoms with van der Waals surface area (Å²) in [5.74, 6) is -2.72. The van der Waals surface area contributed by atoms with E-state index in [9.17, 15) is 20.0 Å². The number of nitriles is 1. The van der Waals surface area contributed by atoms with Crippen molar-refractivity contribution in [1.29, 1.82) is 5.26 Å². The molecular formula is C23H21NO5. The second-order valence-electron chi connectivity index (χ2n) is 7.62. The molecule has 0 amide bonds. The van der Waals surface area contributed by atoms with E-state index in [0.717, 1.165) is 6.08 Å². The van der Waals surface area contributed by atoms with Gasteiger partial charge < -0.3 is 14.9 Å². The lowest BCUT2D eigenvalue weighted by Crippen LogP contribution is -2.28. The zero-order valence-electron chi connectivity index (χ0n) is 16.1. The minimum Gasteiger partial charge on any atom is -0.481 e. The number of carboxylic acid groups (broad SMARTS) is 2. The Morgan fingerprint density at radius 2 is 1.76 bits per heavy atom. The van der Waals surface area contributed by atoms with Crippen molar-refractivity contribution in [2.24, 2.45) is 16.7 Å².